The van der Waals surface area contributed by atoms with Crippen molar-refractivity contribution in [2.75, 3.05) is 5.32 Å². The van der Waals surface area contributed by atoms with Gasteiger partial charge in [0.2, 0.25) is 0 Å². The summed E-state index contributed by atoms with van der Waals surface area (Å²) in [4.78, 5) is 5.25. The molecule has 0 saturated carbocycles. The summed E-state index contributed by atoms with van der Waals surface area (Å²) in [6.45, 7) is 5.04. The number of nitrogens with zero attached hydrogens (tertiary/aromatic N) is 3. The Morgan fingerprint density at radius 1 is 1.47 bits per heavy atom. The Hall–Kier alpha value is -1.36. The van der Waals surface area contributed by atoms with E-state index in [2.05, 4.69) is 29.2 Å². The second-order valence-electron chi connectivity index (χ2n) is 3.62. The van der Waals surface area contributed by atoms with Crippen LogP contribution in [0.4, 0.5) is 5.69 Å². The zero-order valence-electron chi connectivity index (χ0n) is 8.84. The fourth-order valence-corrected chi connectivity index (χ4v) is 1.76. The lowest BCUT2D eigenvalue weighted by Crippen LogP contribution is -2.00. The van der Waals surface area contributed by atoms with Gasteiger partial charge in [-0.1, -0.05) is 0 Å². The summed E-state index contributed by atoms with van der Waals surface area (Å²) in [5.74, 6) is 0. The van der Waals surface area contributed by atoms with Gasteiger partial charge in [-0.15, -0.1) is 11.3 Å². The topological polar surface area (TPSA) is 42.7 Å². The third-order valence-electron chi connectivity index (χ3n) is 2.08. The molecule has 2 aromatic rings. The number of hydrogen-bond acceptors (Lipinski definition) is 4. The first-order valence-electron chi connectivity index (χ1n) is 4.91. The minimum Gasteiger partial charge on any atom is -0.378 e. The first kappa shape index (κ1) is 10.2. The maximum absolute atomic E-state index is 4.26. The Morgan fingerprint density at radius 3 is 2.93 bits per heavy atom. The van der Waals surface area contributed by atoms with Crippen LogP contribution in [0.1, 0.15) is 24.8 Å². The molecule has 0 fully saturated rings. The first-order chi connectivity index (χ1) is 7.25. The van der Waals surface area contributed by atoms with Crippen LogP contribution in [0, 0.1) is 0 Å². The summed E-state index contributed by atoms with van der Waals surface area (Å²) in [6, 6.07) is 0.406. The fourth-order valence-electron chi connectivity index (χ4n) is 1.23. The molecule has 2 aromatic heterocycles. The quantitative estimate of drug-likeness (QED) is 0.864. The van der Waals surface area contributed by atoms with Crippen molar-refractivity contribution in [1.82, 2.24) is 14.8 Å². The number of thiazole rings is 1. The maximum Gasteiger partial charge on any atom is 0.0794 e. The average Bonchev–Trinajstić information content (AvgIpc) is 2.86. The van der Waals surface area contributed by atoms with Crippen LogP contribution in [-0.4, -0.2) is 14.8 Å². The number of anilines is 1. The Labute approximate surface area is 93.0 Å². The molecule has 2 rings (SSSR count). The van der Waals surface area contributed by atoms with Crippen LogP contribution < -0.4 is 5.32 Å². The number of aromatic nitrogens is 3. The number of rotatable bonds is 4. The monoisotopic (exact) mass is 222 g/mol. The van der Waals surface area contributed by atoms with E-state index in [-0.39, 0.29) is 0 Å². The van der Waals surface area contributed by atoms with Crippen molar-refractivity contribution in [2.24, 2.45) is 0 Å². The van der Waals surface area contributed by atoms with Crippen LogP contribution in [-0.2, 0) is 6.54 Å². The second kappa shape index (κ2) is 4.44. The van der Waals surface area contributed by atoms with E-state index < -0.39 is 0 Å². The van der Waals surface area contributed by atoms with Gasteiger partial charge in [-0.05, 0) is 13.8 Å². The van der Waals surface area contributed by atoms with Crippen LogP contribution in [0.2, 0.25) is 0 Å². The molecular formula is C10H14N4S. The molecule has 15 heavy (non-hydrogen) atoms. The molecule has 80 valence electrons. The van der Waals surface area contributed by atoms with E-state index in [4.69, 9.17) is 0 Å². The van der Waals surface area contributed by atoms with Crippen LogP contribution in [0.5, 0.6) is 0 Å². The Morgan fingerprint density at radius 2 is 2.33 bits per heavy atom. The van der Waals surface area contributed by atoms with E-state index in [1.54, 1.807) is 11.3 Å². The molecule has 0 aromatic carbocycles. The Balaban J connectivity index is 1.94. The lowest BCUT2D eigenvalue weighted by atomic mass is 10.4. The summed E-state index contributed by atoms with van der Waals surface area (Å²) >= 11 is 1.65. The Kier molecular flexibility index (Phi) is 3.01. The molecule has 0 bridgehead atoms. The highest BCUT2D eigenvalue weighted by molar-refractivity contribution is 7.09. The molecule has 0 amide bonds. The van der Waals surface area contributed by atoms with Crippen LogP contribution >= 0.6 is 11.3 Å². The van der Waals surface area contributed by atoms with Gasteiger partial charge in [0.25, 0.3) is 0 Å². The third kappa shape index (κ3) is 2.56. The van der Waals surface area contributed by atoms with Crippen LogP contribution in [0.3, 0.4) is 0 Å². The van der Waals surface area contributed by atoms with Crippen molar-refractivity contribution >= 4 is 17.0 Å². The van der Waals surface area contributed by atoms with E-state index in [0.717, 1.165) is 12.2 Å². The lowest BCUT2D eigenvalue weighted by molar-refractivity contribution is 0.532. The van der Waals surface area contributed by atoms with Gasteiger partial charge >= 0.3 is 0 Å². The Bertz CT molecular complexity index is 405. The smallest absolute Gasteiger partial charge is 0.0794 e. The van der Waals surface area contributed by atoms with Gasteiger partial charge in [0, 0.05) is 23.3 Å². The molecule has 2 heterocycles. The molecule has 0 aliphatic carbocycles. The minimum absolute atomic E-state index is 0.406. The number of hydrogen-bond donors (Lipinski definition) is 1. The van der Waals surface area contributed by atoms with Gasteiger partial charge in [-0.3, -0.25) is 9.67 Å². The van der Waals surface area contributed by atoms with E-state index >= 15 is 0 Å². The SMILES string of the molecule is CC(C)n1cc(NCc2cncs2)cn1. The van der Waals surface area contributed by atoms with Crippen LogP contribution in [0.15, 0.2) is 24.1 Å². The van der Waals surface area contributed by atoms with Crippen molar-refractivity contribution in [1.29, 1.82) is 0 Å². The highest BCUT2D eigenvalue weighted by Crippen LogP contribution is 2.12. The van der Waals surface area contributed by atoms with Crippen molar-refractivity contribution in [3.05, 3.63) is 29.0 Å². The molecule has 0 atom stereocenters. The fraction of sp³-hybridized carbons (Fsp3) is 0.400. The summed E-state index contributed by atoms with van der Waals surface area (Å²) < 4.78 is 1.94. The van der Waals surface area contributed by atoms with E-state index in [9.17, 15) is 0 Å². The van der Waals surface area contributed by atoms with Gasteiger partial charge in [-0.25, -0.2) is 0 Å². The van der Waals surface area contributed by atoms with Gasteiger partial charge in [0.15, 0.2) is 0 Å². The predicted octanol–water partition coefficient (Wildman–Crippen LogP) is 2.53. The largest absolute Gasteiger partial charge is 0.378 e. The van der Waals surface area contributed by atoms with E-state index in [1.807, 2.05) is 28.8 Å². The zero-order valence-corrected chi connectivity index (χ0v) is 9.66. The zero-order chi connectivity index (χ0) is 10.7. The molecule has 5 heteroatoms. The summed E-state index contributed by atoms with van der Waals surface area (Å²) in [6.07, 6.45) is 5.75. The van der Waals surface area contributed by atoms with Crippen LogP contribution in [0.25, 0.3) is 0 Å². The molecule has 1 N–H and O–H groups in total. The molecule has 0 saturated heterocycles. The molecule has 0 aliphatic heterocycles. The summed E-state index contributed by atoms with van der Waals surface area (Å²) in [7, 11) is 0. The lowest BCUT2D eigenvalue weighted by Gasteiger charge is -2.03. The molecule has 0 radical (unpaired) electrons. The van der Waals surface area contributed by atoms with Crippen molar-refractivity contribution in [3.8, 4) is 0 Å². The summed E-state index contributed by atoms with van der Waals surface area (Å²) in [5.41, 5.74) is 2.89. The van der Waals surface area contributed by atoms with Gasteiger partial charge < -0.3 is 5.32 Å². The summed E-state index contributed by atoms with van der Waals surface area (Å²) in [5, 5.41) is 7.57. The third-order valence-corrected chi connectivity index (χ3v) is 2.86. The average molecular weight is 222 g/mol. The standard InChI is InChI=1S/C10H14N4S/c1-8(2)14-6-9(3-13-14)12-5-10-4-11-7-15-10/h3-4,6-8,12H,5H2,1-2H3. The maximum atomic E-state index is 4.26. The normalized spacial score (nSPS) is 10.9. The molecular weight excluding hydrogens is 208 g/mol. The first-order valence-corrected chi connectivity index (χ1v) is 5.79. The van der Waals surface area contributed by atoms with Gasteiger partial charge in [0.1, 0.15) is 0 Å². The van der Waals surface area contributed by atoms with E-state index in [1.165, 1.54) is 4.88 Å². The molecule has 0 aliphatic rings. The van der Waals surface area contributed by atoms with Crippen molar-refractivity contribution in [2.45, 2.75) is 26.4 Å². The predicted molar refractivity (Wildman–Crippen MR) is 62.1 cm³/mol. The highest BCUT2D eigenvalue weighted by Gasteiger charge is 2.01. The molecule has 4 nitrogen and oxygen atoms in total. The number of nitrogens with one attached hydrogen (secondary N) is 1. The van der Waals surface area contributed by atoms with Gasteiger partial charge in [-0.2, -0.15) is 5.10 Å². The van der Waals surface area contributed by atoms with Crippen molar-refractivity contribution < 1.29 is 0 Å². The van der Waals surface area contributed by atoms with Crippen molar-refractivity contribution in [3.63, 3.8) is 0 Å². The molecule has 0 unspecified atom stereocenters. The minimum atomic E-state index is 0.406. The second-order valence-corrected chi connectivity index (χ2v) is 4.59. The van der Waals surface area contributed by atoms with Gasteiger partial charge in [0.05, 0.1) is 23.9 Å². The highest BCUT2D eigenvalue weighted by atomic mass is 32.1. The van der Waals surface area contributed by atoms with E-state index in [0.29, 0.717) is 6.04 Å². The molecule has 0 spiro atoms.